The van der Waals surface area contributed by atoms with Crippen LogP contribution >= 0.6 is 0 Å². The van der Waals surface area contributed by atoms with E-state index in [2.05, 4.69) is 0 Å². The van der Waals surface area contributed by atoms with E-state index in [1.807, 2.05) is 0 Å². The molecule has 0 unspecified atom stereocenters. The van der Waals surface area contributed by atoms with Crippen LogP contribution in [0.5, 0.6) is 0 Å². The molecular formula is C13H16F4N2O2S. The quantitative estimate of drug-likeness (QED) is 0.851. The zero-order valence-corrected chi connectivity index (χ0v) is 12.4. The second-order valence-corrected chi connectivity index (χ2v) is 7.38. The number of rotatable bonds is 4. The first-order chi connectivity index (χ1) is 10.1. The Kier molecular flexibility index (Phi) is 4.78. The summed E-state index contributed by atoms with van der Waals surface area (Å²) in [6.07, 6.45) is -5.95. The summed E-state index contributed by atoms with van der Waals surface area (Å²) in [5, 5.41) is 0. The van der Waals surface area contributed by atoms with Crippen LogP contribution in [0.1, 0.15) is 17.9 Å². The van der Waals surface area contributed by atoms with Crippen LogP contribution in [0.15, 0.2) is 24.3 Å². The minimum atomic E-state index is -4.54. The SMILES string of the molecule is N[C@@H]1CN(S(=O)(=O)CCC(F)(F)F)C[C@H]1c1ccccc1F. The van der Waals surface area contributed by atoms with Gasteiger partial charge in [-0.2, -0.15) is 17.5 Å². The van der Waals surface area contributed by atoms with Crippen molar-refractivity contribution in [1.82, 2.24) is 4.31 Å². The second kappa shape index (κ2) is 6.13. The van der Waals surface area contributed by atoms with Crippen molar-refractivity contribution in [3.8, 4) is 0 Å². The maximum atomic E-state index is 13.8. The van der Waals surface area contributed by atoms with Crippen LogP contribution in [0.3, 0.4) is 0 Å². The van der Waals surface area contributed by atoms with Crippen LogP contribution < -0.4 is 5.73 Å². The molecule has 1 aliphatic rings. The number of alkyl halides is 3. The van der Waals surface area contributed by atoms with Crippen LogP contribution in [0.2, 0.25) is 0 Å². The van der Waals surface area contributed by atoms with Crippen molar-refractivity contribution in [3.05, 3.63) is 35.6 Å². The van der Waals surface area contributed by atoms with Crippen molar-refractivity contribution in [2.45, 2.75) is 24.6 Å². The summed E-state index contributed by atoms with van der Waals surface area (Å²) in [5.74, 6) is -2.09. The molecule has 0 amide bonds. The van der Waals surface area contributed by atoms with Gasteiger partial charge in [-0.15, -0.1) is 0 Å². The standard InChI is InChI=1S/C13H16F4N2O2S/c14-11-4-2-1-3-9(11)10-7-19(8-12(10)18)22(20,21)6-5-13(15,16)17/h1-4,10,12H,5-8,18H2/t10-,12+/m0/s1. The van der Waals surface area contributed by atoms with E-state index in [0.717, 1.165) is 4.31 Å². The van der Waals surface area contributed by atoms with E-state index in [9.17, 15) is 26.0 Å². The van der Waals surface area contributed by atoms with Crippen molar-refractivity contribution in [2.75, 3.05) is 18.8 Å². The van der Waals surface area contributed by atoms with Crippen molar-refractivity contribution < 1.29 is 26.0 Å². The largest absolute Gasteiger partial charge is 0.390 e. The van der Waals surface area contributed by atoms with Crippen LogP contribution in [0.25, 0.3) is 0 Å². The van der Waals surface area contributed by atoms with E-state index >= 15 is 0 Å². The Morgan fingerprint density at radius 1 is 1.23 bits per heavy atom. The van der Waals surface area contributed by atoms with Crippen molar-refractivity contribution in [2.24, 2.45) is 5.73 Å². The van der Waals surface area contributed by atoms with E-state index in [0.29, 0.717) is 0 Å². The molecule has 2 rings (SSSR count). The molecule has 0 saturated carbocycles. The Morgan fingerprint density at radius 3 is 2.45 bits per heavy atom. The minimum Gasteiger partial charge on any atom is -0.326 e. The average molecular weight is 340 g/mol. The highest BCUT2D eigenvalue weighted by molar-refractivity contribution is 7.89. The van der Waals surface area contributed by atoms with E-state index in [4.69, 9.17) is 5.73 Å². The summed E-state index contributed by atoms with van der Waals surface area (Å²) >= 11 is 0. The predicted molar refractivity (Wildman–Crippen MR) is 73.1 cm³/mol. The third-order valence-electron chi connectivity index (χ3n) is 3.67. The van der Waals surface area contributed by atoms with Gasteiger partial charge in [0, 0.05) is 25.0 Å². The van der Waals surface area contributed by atoms with E-state index < -0.39 is 46.2 Å². The number of halogens is 4. The molecule has 1 heterocycles. The normalized spacial score (nSPS) is 23.9. The van der Waals surface area contributed by atoms with Gasteiger partial charge in [0.15, 0.2) is 0 Å². The summed E-state index contributed by atoms with van der Waals surface area (Å²) in [6.45, 7) is -0.221. The first-order valence-electron chi connectivity index (χ1n) is 6.65. The number of hydrogen-bond acceptors (Lipinski definition) is 3. The van der Waals surface area contributed by atoms with Gasteiger partial charge in [-0.3, -0.25) is 0 Å². The topological polar surface area (TPSA) is 63.4 Å². The number of hydrogen-bond donors (Lipinski definition) is 1. The molecule has 2 atom stereocenters. The second-order valence-electron chi connectivity index (χ2n) is 5.29. The van der Waals surface area contributed by atoms with Gasteiger partial charge in [-0.05, 0) is 11.6 Å². The number of benzene rings is 1. The van der Waals surface area contributed by atoms with Gasteiger partial charge in [-0.1, -0.05) is 18.2 Å². The number of nitrogens with zero attached hydrogens (tertiary/aromatic N) is 1. The van der Waals surface area contributed by atoms with Gasteiger partial charge in [0.05, 0.1) is 12.2 Å². The Labute approximate surface area is 126 Å². The minimum absolute atomic E-state index is 0.109. The lowest BCUT2D eigenvalue weighted by molar-refractivity contribution is -0.130. The van der Waals surface area contributed by atoms with Gasteiger partial charge in [0.1, 0.15) is 5.82 Å². The molecule has 1 aliphatic heterocycles. The van der Waals surface area contributed by atoms with Crippen molar-refractivity contribution >= 4 is 10.0 Å². The van der Waals surface area contributed by atoms with Crippen molar-refractivity contribution in [1.29, 1.82) is 0 Å². The maximum absolute atomic E-state index is 13.8. The third-order valence-corrected chi connectivity index (χ3v) is 5.48. The molecule has 1 saturated heterocycles. The zero-order chi connectivity index (χ0) is 16.5. The van der Waals surface area contributed by atoms with Gasteiger partial charge in [0.25, 0.3) is 0 Å². The van der Waals surface area contributed by atoms with E-state index in [-0.39, 0.29) is 18.7 Å². The molecule has 1 aromatic rings. The molecule has 2 N–H and O–H groups in total. The molecule has 0 spiro atoms. The highest BCUT2D eigenvalue weighted by atomic mass is 32.2. The number of sulfonamides is 1. The molecule has 0 bridgehead atoms. The summed E-state index contributed by atoms with van der Waals surface area (Å²) in [4.78, 5) is 0. The highest BCUT2D eigenvalue weighted by Crippen LogP contribution is 2.31. The summed E-state index contributed by atoms with van der Waals surface area (Å²) in [7, 11) is -4.07. The molecule has 1 aromatic carbocycles. The van der Waals surface area contributed by atoms with E-state index in [1.165, 1.54) is 18.2 Å². The molecule has 124 valence electrons. The lowest BCUT2D eigenvalue weighted by atomic mass is 9.94. The van der Waals surface area contributed by atoms with E-state index in [1.54, 1.807) is 6.07 Å². The summed E-state index contributed by atoms with van der Waals surface area (Å²) in [6, 6.07) is 5.19. The lowest BCUT2D eigenvalue weighted by Gasteiger charge is -2.17. The predicted octanol–water partition coefficient (Wildman–Crippen LogP) is 1.83. The molecule has 0 radical (unpaired) electrons. The van der Waals surface area contributed by atoms with Gasteiger partial charge in [0.2, 0.25) is 10.0 Å². The summed E-state index contributed by atoms with van der Waals surface area (Å²) in [5.41, 5.74) is 6.13. The fraction of sp³-hybridized carbons (Fsp3) is 0.538. The molecular weight excluding hydrogens is 324 g/mol. The molecule has 9 heteroatoms. The van der Waals surface area contributed by atoms with Crippen LogP contribution in [0.4, 0.5) is 17.6 Å². The molecule has 0 aromatic heterocycles. The fourth-order valence-corrected chi connectivity index (χ4v) is 4.03. The smallest absolute Gasteiger partial charge is 0.326 e. The van der Waals surface area contributed by atoms with Crippen LogP contribution in [0, 0.1) is 5.82 Å². The zero-order valence-electron chi connectivity index (χ0n) is 11.6. The van der Waals surface area contributed by atoms with Crippen LogP contribution in [-0.2, 0) is 10.0 Å². The first kappa shape index (κ1) is 17.2. The highest BCUT2D eigenvalue weighted by Gasteiger charge is 2.40. The Bertz CT molecular complexity index is 633. The fourth-order valence-electron chi connectivity index (χ4n) is 2.50. The lowest BCUT2D eigenvalue weighted by Crippen LogP contribution is -2.34. The van der Waals surface area contributed by atoms with Gasteiger partial charge in [-0.25, -0.2) is 12.8 Å². The monoisotopic (exact) mass is 340 g/mol. The molecule has 1 fully saturated rings. The molecule has 4 nitrogen and oxygen atoms in total. The Balaban J connectivity index is 2.12. The first-order valence-corrected chi connectivity index (χ1v) is 8.25. The van der Waals surface area contributed by atoms with Gasteiger partial charge < -0.3 is 5.73 Å². The Morgan fingerprint density at radius 2 is 1.86 bits per heavy atom. The molecule has 0 aliphatic carbocycles. The summed E-state index contributed by atoms with van der Waals surface area (Å²) < 4.78 is 75.2. The van der Waals surface area contributed by atoms with Crippen molar-refractivity contribution in [3.63, 3.8) is 0 Å². The number of nitrogens with two attached hydrogens (primary N) is 1. The Hall–Kier alpha value is -1.19. The van der Waals surface area contributed by atoms with Gasteiger partial charge >= 0.3 is 6.18 Å². The van der Waals surface area contributed by atoms with Crippen LogP contribution in [-0.4, -0.2) is 43.8 Å². The molecule has 22 heavy (non-hydrogen) atoms. The maximum Gasteiger partial charge on any atom is 0.390 e. The average Bonchev–Trinajstić information content (AvgIpc) is 2.79. The third kappa shape index (κ3) is 3.96.